The van der Waals surface area contributed by atoms with Crippen molar-refractivity contribution in [1.29, 1.82) is 0 Å². The fraction of sp³-hybridized carbons (Fsp3) is 0.364. The lowest BCUT2D eigenvalue weighted by Gasteiger charge is -2.16. The molecule has 0 atom stereocenters. The van der Waals surface area contributed by atoms with Crippen LogP contribution in [-0.4, -0.2) is 15.3 Å². The average Bonchev–Trinajstić information content (AvgIpc) is 3.18. The van der Waals surface area contributed by atoms with E-state index in [9.17, 15) is 9.70 Å². The van der Waals surface area contributed by atoms with E-state index in [1.54, 1.807) is 6.20 Å². The number of amides is 1. The minimum Gasteiger partial charge on any atom is -0.485 e. The van der Waals surface area contributed by atoms with E-state index in [2.05, 4.69) is 52.2 Å². The van der Waals surface area contributed by atoms with Gasteiger partial charge in [0.05, 0.1) is 12.2 Å². The molecule has 9 heteroatoms. The van der Waals surface area contributed by atoms with Crippen LogP contribution < -0.4 is 4.74 Å². The molecule has 0 aliphatic carbocycles. The summed E-state index contributed by atoms with van der Waals surface area (Å²) in [4.78, 5) is 30.3. The summed E-state index contributed by atoms with van der Waals surface area (Å²) in [5, 5.41) is 6.03. The number of benzene rings is 1. The molecule has 9 nitrogen and oxygen atoms in total. The van der Waals surface area contributed by atoms with E-state index in [-0.39, 0.29) is 17.9 Å². The highest BCUT2D eigenvalue weighted by Gasteiger charge is 2.23. The Morgan fingerprint density at radius 3 is 2.39 bits per heavy atom. The van der Waals surface area contributed by atoms with Gasteiger partial charge in [-0.05, 0) is 53.1 Å². The Bertz CT molecular complexity index is 1160. The van der Waals surface area contributed by atoms with E-state index in [0.29, 0.717) is 24.4 Å². The molecule has 0 aliphatic rings. The van der Waals surface area contributed by atoms with Crippen LogP contribution >= 0.6 is 0 Å². The van der Waals surface area contributed by atoms with Gasteiger partial charge in [0.1, 0.15) is 12.3 Å². The van der Waals surface area contributed by atoms with Gasteiger partial charge in [-0.3, -0.25) is 9.20 Å². The first kappa shape index (κ1) is 22.0. The summed E-state index contributed by atoms with van der Waals surface area (Å²) in [6, 6.07) is 8.08. The molecule has 3 rings (SSSR count). The molecule has 160 valence electrons. The van der Waals surface area contributed by atoms with Crippen molar-refractivity contribution in [2.24, 2.45) is 10.3 Å². The molecule has 2 heterocycles. The lowest BCUT2D eigenvalue weighted by molar-refractivity contribution is 0.0994. The van der Waals surface area contributed by atoms with Crippen LogP contribution in [0.25, 0.3) is 16.1 Å². The van der Waals surface area contributed by atoms with Crippen LogP contribution in [0.1, 0.15) is 59.2 Å². The smallest absolute Gasteiger partial charge is 0.335 e. The van der Waals surface area contributed by atoms with Crippen molar-refractivity contribution in [1.82, 2.24) is 9.38 Å². The number of fused-ring (bicyclic) bond motifs is 1. The molecule has 0 N–H and O–H groups in total. The molecule has 0 radical (unpaired) electrons. The van der Waals surface area contributed by atoms with Crippen LogP contribution in [0.4, 0.5) is 0 Å². The molecule has 0 saturated carbocycles. The summed E-state index contributed by atoms with van der Waals surface area (Å²) in [6.45, 7) is 6.40. The third-order valence-electron chi connectivity index (χ3n) is 5.35. The average molecular weight is 420 g/mol. The molecule has 1 aromatic carbocycles. The molecule has 0 unspecified atom stereocenters. The molecule has 3 aromatic rings. The predicted molar refractivity (Wildman–Crippen MR) is 117 cm³/mol. The van der Waals surface area contributed by atoms with Crippen molar-refractivity contribution >= 4 is 11.6 Å². The Balaban J connectivity index is 2.14. The first-order valence-electron chi connectivity index (χ1n) is 10.2. The van der Waals surface area contributed by atoms with Crippen LogP contribution in [0, 0.1) is 4.91 Å². The number of hydrogen-bond acceptors (Lipinski definition) is 5. The second kappa shape index (κ2) is 9.86. The van der Waals surface area contributed by atoms with Crippen molar-refractivity contribution < 1.29 is 9.53 Å². The Morgan fingerprint density at radius 1 is 1.13 bits per heavy atom. The number of nitrogens with zero attached hydrogens (tertiary/aromatic N) is 6. The van der Waals surface area contributed by atoms with Gasteiger partial charge < -0.3 is 4.74 Å². The van der Waals surface area contributed by atoms with E-state index in [0.717, 1.165) is 24.0 Å². The van der Waals surface area contributed by atoms with Gasteiger partial charge in [0.25, 0.3) is 0 Å². The van der Waals surface area contributed by atoms with Crippen LogP contribution in [-0.2, 0) is 32.4 Å². The van der Waals surface area contributed by atoms with E-state index in [1.807, 2.05) is 13.0 Å². The largest absolute Gasteiger partial charge is 0.485 e. The van der Waals surface area contributed by atoms with E-state index < -0.39 is 5.91 Å². The fourth-order valence-corrected chi connectivity index (χ4v) is 3.76. The number of nitroso groups, excluding NO2 is 1. The molecule has 31 heavy (non-hydrogen) atoms. The Labute approximate surface area is 179 Å². The summed E-state index contributed by atoms with van der Waals surface area (Å²) in [6.07, 6.45) is 4.13. The van der Waals surface area contributed by atoms with E-state index in [1.165, 1.54) is 15.5 Å². The van der Waals surface area contributed by atoms with Crippen molar-refractivity contribution in [2.75, 3.05) is 0 Å². The minimum atomic E-state index is -0.976. The standard InChI is InChI=1S/C22H24N6O3/c1-4-14-8-7-9-15(5-2)17(14)13-31-20-16(6-3)10-11-28-19(22(29)26-30)18(12-24-27-23)25-21(20)28/h7-11H,4-6,12-13H2,1-3H3. The maximum Gasteiger partial charge on any atom is 0.335 e. The van der Waals surface area contributed by atoms with E-state index >= 15 is 0 Å². The van der Waals surface area contributed by atoms with Crippen LogP contribution in [0.15, 0.2) is 40.8 Å². The van der Waals surface area contributed by atoms with Crippen LogP contribution in [0.5, 0.6) is 5.75 Å². The fourth-order valence-electron chi connectivity index (χ4n) is 3.76. The molecule has 2 aromatic heterocycles. The van der Waals surface area contributed by atoms with E-state index in [4.69, 9.17) is 10.3 Å². The summed E-state index contributed by atoms with van der Waals surface area (Å²) in [5.41, 5.74) is 13.7. The van der Waals surface area contributed by atoms with Gasteiger partial charge in [0.15, 0.2) is 11.4 Å². The number of carbonyl (C=O) groups excluding carboxylic acids is 1. The maximum absolute atomic E-state index is 12.2. The quantitative estimate of drug-likeness (QED) is 0.201. The van der Waals surface area contributed by atoms with Crippen LogP contribution in [0.2, 0.25) is 0 Å². The number of hydrogen-bond donors (Lipinski definition) is 0. The van der Waals surface area contributed by atoms with Crippen LogP contribution in [0.3, 0.4) is 0 Å². The first-order valence-corrected chi connectivity index (χ1v) is 10.2. The highest BCUT2D eigenvalue weighted by molar-refractivity contribution is 5.95. The summed E-state index contributed by atoms with van der Waals surface area (Å²) >= 11 is 0. The summed E-state index contributed by atoms with van der Waals surface area (Å²) in [5.74, 6) is -0.444. The Hall–Kier alpha value is -3.71. The third kappa shape index (κ3) is 4.27. The molecule has 0 saturated heterocycles. The molecule has 0 spiro atoms. The first-order chi connectivity index (χ1) is 15.1. The number of imidazole rings is 1. The molecule has 0 bridgehead atoms. The monoisotopic (exact) mass is 420 g/mol. The summed E-state index contributed by atoms with van der Waals surface area (Å²) < 4.78 is 7.77. The zero-order valence-electron chi connectivity index (χ0n) is 17.8. The number of azide groups is 1. The van der Waals surface area contributed by atoms with Crippen molar-refractivity contribution in [2.45, 2.75) is 53.2 Å². The Kier molecular flexibility index (Phi) is 6.99. The highest BCUT2D eigenvalue weighted by Crippen LogP contribution is 2.30. The zero-order valence-corrected chi connectivity index (χ0v) is 17.8. The maximum atomic E-state index is 12.2. The number of ether oxygens (including phenoxy) is 1. The highest BCUT2D eigenvalue weighted by atomic mass is 16.5. The second-order valence-corrected chi connectivity index (χ2v) is 6.96. The van der Waals surface area contributed by atoms with Crippen molar-refractivity contribution in [3.63, 3.8) is 0 Å². The summed E-state index contributed by atoms with van der Waals surface area (Å²) in [7, 11) is 0. The third-order valence-corrected chi connectivity index (χ3v) is 5.35. The number of aromatic nitrogens is 2. The Morgan fingerprint density at radius 2 is 1.81 bits per heavy atom. The number of carbonyl (C=O) groups is 1. The normalized spacial score (nSPS) is 10.7. The lowest BCUT2D eigenvalue weighted by atomic mass is 9.98. The number of pyridine rings is 1. The van der Waals surface area contributed by atoms with Gasteiger partial charge in [-0.1, -0.05) is 44.1 Å². The van der Waals surface area contributed by atoms with Gasteiger partial charge >= 0.3 is 5.91 Å². The van der Waals surface area contributed by atoms with Gasteiger partial charge in [-0.2, -0.15) is 0 Å². The van der Waals surface area contributed by atoms with Gasteiger partial charge in [-0.25, -0.2) is 4.98 Å². The molecular formula is C22H24N6O3. The lowest BCUT2D eigenvalue weighted by Crippen LogP contribution is -2.07. The molecule has 0 fully saturated rings. The molecule has 1 amide bonds. The van der Waals surface area contributed by atoms with Gasteiger partial charge in [0, 0.05) is 16.3 Å². The van der Waals surface area contributed by atoms with Crippen molar-refractivity contribution in [3.8, 4) is 5.75 Å². The number of aryl methyl sites for hydroxylation is 3. The topological polar surface area (TPSA) is 122 Å². The predicted octanol–water partition coefficient (Wildman–Crippen LogP) is 5.32. The second-order valence-electron chi connectivity index (χ2n) is 6.96. The van der Waals surface area contributed by atoms with Gasteiger partial charge in [-0.15, -0.1) is 4.91 Å². The van der Waals surface area contributed by atoms with Gasteiger partial charge in [0.2, 0.25) is 0 Å². The molecular weight excluding hydrogens is 396 g/mol. The molecule has 0 aliphatic heterocycles. The zero-order chi connectivity index (χ0) is 22.4. The minimum absolute atomic E-state index is 0.0203. The SMILES string of the molecule is CCc1cccc(CC)c1COc1c(CC)ccn2c(C(=O)N=O)c(CN=[N+]=[N-])nc12. The number of rotatable bonds is 9. The van der Waals surface area contributed by atoms with Crippen molar-refractivity contribution in [3.05, 3.63) is 79.5 Å².